The maximum atomic E-state index is 5.71. The summed E-state index contributed by atoms with van der Waals surface area (Å²) >= 11 is 0. The van der Waals surface area contributed by atoms with E-state index in [1.54, 1.807) is 0 Å². The number of fused-ring (bicyclic) bond motifs is 1. The molecule has 0 spiro atoms. The number of rotatable bonds is 1. The Hall–Kier alpha value is -1.84. The standard InChI is InChI=1S/C17H24N4/c1-11-9-15-19-16(18)20-21(15)10-14(11)12-5-7-13(8-6-12)17(2,3)4/h5-8,11,14H,9-10H2,1-4H3,(H2,18,20). The summed E-state index contributed by atoms with van der Waals surface area (Å²) in [6.07, 6.45) is 0.940. The second-order valence-electron chi connectivity index (χ2n) is 7.23. The molecule has 1 aromatic heterocycles. The zero-order valence-electron chi connectivity index (χ0n) is 13.3. The minimum atomic E-state index is 0.199. The van der Waals surface area contributed by atoms with E-state index >= 15 is 0 Å². The third-order valence-electron chi connectivity index (χ3n) is 4.53. The van der Waals surface area contributed by atoms with Crippen LogP contribution in [0.4, 0.5) is 5.95 Å². The number of nitrogens with zero attached hydrogens (tertiary/aromatic N) is 3. The van der Waals surface area contributed by atoms with Gasteiger partial charge < -0.3 is 5.73 Å². The molecule has 0 amide bonds. The van der Waals surface area contributed by atoms with Crippen molar-refractivity contribution in [3.8, 4) is 0 Å². The Balaban J connectivity index is 1.87. The highest BCUT2D eigenvalue weighted by Crippen LogP contribution is 2.34. The van der Waals surface area contributed by atoms with Crippen LogP contribution in [0.15, 0.2) is 24.3 Å². The van der Waals surface area contributed by atoms with Crippen molar-refractivity contribution in [2.75, 3.05) is 5.73 Å². The summed E-state index contributed by atoms with van der Waals surface area (Å²) in [6, 6.07) is 9.06. The summed E-state index contributed by atoms with van der Waals surface area (Å²) in [5.74, 6) is 2.44. The topological polar surface area (TPSA) is 56.7 Å². The van der Waals surface area contributed by atoms with E-state index in [4.69, 9.17) is 5.73 Å². The molecule has 0 saturated heterocycles. The molecule has 0 bridgehead atoms. The van der Waals surface area contributed by atoms with Crippen LogP contribution < -0.4 is 5.73 Å². The molecule has 0 radical (unpaired) electrons. The monoisotopic (exact) mass is 284 g/mol. The minimum absolute atomic E-state index is 0.199. The van der Waals surface area contributed by atoms with Crippen molar-refractivity contribution < 1.29 is 0 Å². The van der Waals surface area contributed by atoms with Crippen molar-refractivity contribution in [2.24, 2.45) is 5.92 Å². The summed E-state index contributed by atoms with van der Waals surface area (Å²) in [7, 11) is 0. The smallest absolute Gasteiger partial charge is 0.239 e. The van der Waals surface area contributed by atoms with Crippen molar-refractivity contribution in [1.82, 2.24) is 14.8 Å². The molecule has 1 aliphatic heterocycles. The van der Waals surface area contributed by atoms with E-state index in [0.717, 1.165) is 18.8 Å². The SMILES string of the molecule is CC1Cc2nc(N)nn2CC1c1ccc(C(C)(C)C)cc1. The van der Waals surface area contributed by atoms with Crippen LogP contribution >= 0.6 is 0 Å². The molecular formula is C17H24N4. The minimum Gasteiger partial charge on any atom is -0.366 e. The van der Waals surface area contributed by atoms with Gasteiger partial charge >= 0.3 is 0 Å². The number of nitrogen functional groups attached to an aromatic ring is 1. The van der Waals surface area contributed by atoms with Gasteiger partial charge in [-0.1, -0.05) is 52.0 Å². The molecule has 2 atom stereocenters. The lowest BCUT2D eigenvalue weighted by atomic mass is 9.80. The lowest BCUT2D eigenvalue weighted by Gasteiger charge is -2.29. The number of hydrogen-bond acceptors (Lipinski definition) is 3. The van der Waals surface area contributed by atoms with Gasteiger partial charge in [-0.2, -0.15) is 4.98 Å². The van der Waals surface area contributed by atoms with Gasteiger partial charge in [0.1, 0.15) is 5.82 Å². The molecule has 2 heterocycles. The van der Waals surface area contributed by atoms with E-state index in [1.807, 2.05) is 4.68 Å². The first-order valence-corrected chi connectivity index (χ1v) is 7.64. The van der Waals surface area contributed by atoms with Gasteiger partial charge in [0.2, 0.25) is 5.95 Å². The van der Waals surface area contributed by atoms with E-state index in [9.17, 15) is 0 Å². The number of nitrogens with two attached hydrogens (primary N) is 1. The fourth-order valence-electron chi connectivity index (χ4n) is 3.15. The lowest BCUT2D eigenvalue weighted by molar-refractivity contribution is 0.330. The van der Waals surface area contributed by atoms with E-state index < -0.39 is 0 Å². The maximum Gasteiger partial charge on any atom is 0.239 e. The van der Waals surface area contributed by atoms with Gasteiger partial charge in [0.05, 0.1) is 6.54 Å². The molecular weight excluding hydrogens is 260 g/mol. The Morgan fingerprint density at radius 1 is 1.19 bits per heavy atom. The van der Waals surface area contributed by atoms with Gasteiger partial charge in [-0.3, -0.25) is 0 Å². The average molecular weight is 284 g/mol. The predicted octanol–water partition coefficient (Wildman–Crippen LogP) is 3.13. The number of anilines is 1. The summed E-state index contributed by atoms with van der Waals surface area (Å²) in [5, 5.41) is 4.30. The zero-order chi connectivity index (χ0) is 15.2. The average Bonchev–Trinajstić information content (AvgIpc) is 2.76. The van der Waals surface area contributed by atoms with Gasteiger partial charge in [-0.25, -0.2) is 4.68 Å². The maximum absolute atomic E-state index is 5.71. The first-order valence-electron chi connectivity index (χ1n) is 7.64. The molecule has 4 heteroatoms. The van der Waals surface area contributed by atoms with Gasteiger partial charge in [0.15, 0.2) is 0 Å². The van der Waals surface area contributed by atoms with E-state index in [0.29, 0.717) is 17.8 Å². The molecule has 112 valence electrons. The molecule has 0 saturated carbocycles. The normalized spacial score (nSPS) is 22.1. The second-order valence-corrected chi connectivity index (χ2v) is 7.23. The van der Waals surface area contributed by atoms with Gasteiger partial charge in [-0.05, 0) is 22.5 Å². The van der Waals surface area contributed by atoms with Crippen LogP contribution in [0.2, 0.25) is 0 Å². The zero-order valence-corrected chi connectivity index (χ0v) is 13.3. The summed E-state index contributed by atoms with van der Waals surface area (Å²) in [4.78, 5) is 4.31. The fourth-order valence-corrected chi connectivity index (χ4v) is 3.15. The second kappa shape index (κ2) is 4.86. The van der Waals surface area contributed by atoms with Crippen LogP contribution in [0.1, 0.15) is 50.6 Å². The lowest BCUT2D eigenvalue weighted by Crippen LogP contribution is -2.27. The van der Waals surface area contributed by atoms with Crippen molar-refractivity contribution in [3.05, 3.63) is 41.2 Å². The van der Waals surface area contributed by atoms with Crippen molar-refractivity contribution in [3.63, 3.8) is 0 Å². The van der Waals surface area contributed by atoms with Crippen LogP contribution in [0.25, 0.3) is 0 Å². The Morgan fingerprint density at radius 3 is 2.48 bits per heavy atom. The number of benzene rings is 1. The third kappa shape index (κ3) is 2.67. The molecule has 4 nitrogen and oxygen atoms in total. The molecule has 2 unspecified atom stereocenters. The number of aromatic nitrogens is 3. The van der Waals surface area contributed by atoms with Crippen LogP contribution in [0.3, 0.4) is 0 Å². The Kier molecular flexibility index (Phi) is 3.27. The van der Waals surface area contributed by atoms with E-state index in [2.05, 4.69) is 62.0 Å². The van der Waals surface area contributed by atoms with Crippen LogP contribution in [-0.4, -0.2) is 14.8 Å². The van der Waals surface area contributed by atoms with Gasteiger partial charge in [0, 0.05) is 12.3 Å². The predicted molar refractivity (Wildman–Crippen MR) is 85.2 cm³/mol. The fraction of sp³-hybridized carbons (Fsp3) is 0.529. The van der Waals surface area contributed by atoms with Crippen LogP contribution in [0.5, 0.6) is 0 Å². The highest BCUT2D eigenvalue weighted by molar-refractivity contribution is 5.30. The molecule has 2 aromatic rings. The van der Waals surface area contributed by atoms with Crippen molar-refractivity contribution >= 4 is 5.95 Å². The quantitative estimate of drug-likeness (QED) is 0.875. The van der Waals surface area contributed by atoms with Gasteiger partial charge in [0.25, 0.3) is 0 Å². The van der Waals surface area contributed by atoms with Gasteiger partial charge in [-0.15, -0.1) is 5.10 Å². The van der Waals surface area contributed by atoms with Crippen LogP contribution in [0, 0.1) is 5.92 Å². The molecule has 3 rings (SSSR count). The summed E-state index contributed by atoms with van der Waals surface area (Å²) in [6.45, 7) is 9.90. The van der Waals surface area contributed by atoms with E-state index in [1.165, 1.54) is 11.1 Å². The first-order chi connectivity index (χ1) is 9.84. The largest absolute Gasteiger partial charge is 0.366 e. The van der Waals surface area contributed by atoms with Crippen LogP contribution in [-0.2, 0) is 18.4 Å². The Labute approximate surface area is 126 Å². The molecule has 1 aromatic carbocycles. The Morgan fingerprint density at radius 2 is 1.86 bits per heavy atom. The highest BCUT2D eigenvalue weighted by atomic mass is 15.4. The van der Waals surface area contributed by atoms with Crippen molar-refractivity contribution in [2.45, 2.75) is 52.0 Å². The summed E-state index contributed by atoms with van der Waals surface area (Å²) < 4.78 is 1.97. The molecule has 21 heavy (non-hydrogen) atoms. The highest BCUT2D eigenvalue weighted by Gasteiger charge is 2.29. The third-order valence-corrected chi connectivity index (χ3v) is 4.53. The number of hydrogen-bond donors (Lipinski definition) is 1. The van der Waals surface area contributed by atoms with Crippen molar-refractivity contribution in [1.29, 1.82) is 0 Å². The molecule has 2 N–H and O–H groups in total. The Bertz CT molecular complexity index is 634. The molecule has 0 fully saturated rings. The molecule has 0 aliphatic carbocycles. The van der Waals surface area contributed by atoms with E-state index in [-0.39, 0.29) is 5.41 Å². The first kappa shape index (κ1) is 14.1. The summed E-state index contributed by atoms with van der Waals surface area (Å²) in [5.41, 5.74) is 8.67. The molecule has 1 aliphatic rings.